The van der Waals surface area contributed by atoms with Crippen molar-refractivity contribution in [1.82, 2.24) is 4.90 Å². The molecule has 4 rings (SSSR count). The summed E-state index contributed by atoms with van der Waals surface area (Å²) >= 11 is 0. The summed E-state index contributed by atoms with van der Waals surface area (Å²) in [6, 6.07) is -0.338. The number of Topliss-reactive ketones (excluding diaryl/α,β-unsaturated/α-hetero) is 1. The van der Waals surface area contributed by atoms with Gasteiger partial charge in [-0.3, -0.25) is 9.59 Å². The maximum absolute atomic E-state index is 14.2. The normalized spacial score (nSPS) is 51.5. The SMILES string of the molecule is CC[C@H]1OC(=O)C2COC3(C[C@@](C)(OC)[C@@H](O)[C@H](C)O3)O[C@H]2[C@H](C)[C@@H](O[C@@H]2O[C@H](C)C[C@H](N(C)C)[C@H]2O)[C@](C)(O)C[C@@H](C)C(=O)[C@H](C)[C@@H](O)[C@]1(C)O. The number of hydrogen-bond donors (Lipinski definition) is 5. The maximum Gasteiger partial charge on any atom is 0.314 e. The molecule has 52 heavy (non-hydrogen) atoms. The number of ketones is 1. The van der Waals surface area contributed by atoms with Gasteiger partial charge in [-0.2, -0.15) is 0 Å². The average molecular weight is 748 g/mol. The first-order valence-electron chi connectivity index (χ1n) is 18.7. The highest BCUT2D eigenvalue weighted by Gasteiger charge is 2.61. The molecule has 4 heterocycles. The van der Waals surface area contributed by atoms with Gasteiger partial charge in [0, 0.05) is 30.9 Å². The van der Waals surface area contributed by atoms with E-state index in [4.69, 9.17) is 33.2 Å². The summed E-state index contributed by atoms with van der Waals surface area (Å²) in [5, 5.41) is 57.9. The van der Waals surface area contributed by atoms with E-state index in [9.17, 15) is 35.1 Å². The number of fused-ring (bicyclic) bond motifs is 1. The van der Waals surface area contributed by atoms with Crippen LogP contribution < -0.4 is 0 Å². The highest BCUT2D eigenvalue weighted by atomic mass is 16.9. The van der Waals surface area contributed by atoms with Crippen molar-refractivity contribution >= 4 is 11.8 Å². The van der Waals surface area contributed by atoms with Crippen LogP contribution in [0.1, 0.15) is 88.0 Å². The number of ether oxygens (including phenoxy) is 7. The van der Waals surface area contributed by atoms with Gasteiger partial charge in [-0.1, -0.05) is 27.7 Å². The van der Waals surface area contributed by atoms with E-state index in [-0.39, 0.29) is 38.0 Å². The van der Waals surface area contributed by atoms with Crippen LogP contribution in [0.3, 0.4) is 0 Å². The molecule has 0 aromatic rings. The van der Waals surface area contributed by atoms with Gasteiger partial charge >= 0.3 is 5.97 Å². The zero-order valence-electron chi connectivity index (χ0n) is 33.0. The molecule has 4 saturated heterocycles. The second kappa shape index (κ2) is 16.0. The second-order valence-electron chi connectivity index (χ2n) is 16.8. The van der Waals surface area contributed by atoms with E-state index in [2.05, 4.69) is 0 Å². The van der Waals surface area contributed by atoms with Gasteiger partial charge in [-0.25, -0.2) is 0 Å². The Morgan fingerprint density at radius 2 is 1.60 bits per heavy atom. The van der Waals surface area contributed by atoms with E-state index in [1.165, 1.54) is 27.9 Å². The molecule has 0 aliphatic carbocycles. The van der Waals surface area contributed by atoms with Gasteiger partial charge in [0.1, 0.15) is 41.2 Å². The molecular weight excluding hydrogens is 682 g/mol. The number of nitrogens with zero attached hydrogens (tertiary/aromatic N) is 1. The monoisotopic (exact) mass is 747 g/mol. The zero-order valence-corrected chi connectivity index (χ0v) is 33.0. The Balaban J connectivity index is 1.86. The highest BCUT2D eigenvalue weighted by molar-refractivity contribution is 5.83. The summed E-state index contributed by atoms with van der Waals surface area (Å²) in [5.41, 5.74) is -5.03. The van der Waals surface area contributed by atoms with Crippen molar-refractivity contribution in [2.75, 3.05) is 27.8 Å². The van der Waals surface area contributed by atoms with Gasteiger partial charge in [0.05, 0.1) is 49.1 Å². The molecule has 1 spiro atoms. The van der Waals surface area contributed by atoms with E-state index in [1.54, 1.807) is 34.6 Å². The van der Waals surface area contributed by atoms with Crippen molar-refractivity contribution in [3.8, 4) is 0 Å². The lowest BCUT2D eigenvalue weighted by molar-refractivity contribution is -0.474. The van der Waals surface area contributed by atoms with E-state index >= 15 is 0 Å². The molecule has 15 heteroatoms. The van der Waals surface area contributed by atoms with Crippen LogP contribution in [0.4, 0.5) is 0 Å². The van der Waals surface area contributed by atoms with Crippen LogP contribution >= 0.6 is 0 Å². The van der Waals surface area contributed by atoms with Crippen LogP contribution in [0.2, 0.25) is 0 Å². The highest BCUT2D eigenvalue weighted by Crippen LogP contribution is 2.47. The fourth-order valence-corrected chi connectivity index (χ4v) is 8.87. The predicted molar refractivity (Wildman–Crippen MR) is 185 cm³/mol. The smallest absolute Gasteiger partial charge is 0.314 e. The lowest BCUT2D eigenvalue weighted by Crippen LogP contribution is -2.67. The van der Waals surface area contributed by atoms with Crippen LogP contribution in [0.15, 0.2) is 0 Å². The molecule has 0 radical (unpaired) electrons. The predicted octanol–water partition coefficient (Wildman–Crippen LogP) is 1.12. The largest absolute Gasteiger partial charge is 0.459 e. The Labute approximate surface area is 308 Å². The molecule has 0 amide bonds. The Kier molecular flexibility index (Phi) is 13.4. The van der Waals surface area contributed by atoms with Gasteiger partial charge in [-0.05, 0) is 68.0 Å². The molecule has 0 aromatic heterocycles. The van der Waals surface area contributed by atoms with E-state index in [1.807, 2.05) is 25.9 Å². The van der Waals surface area contributed by atoms with Crippen LogP contribution in [-0.4, -0.2) is 154 Å². The third-order valence-electron chi connectivity index (χ3n) is 12.1. The average Bonchev–Trinajstić information content (AvgIpc) is 3.07. The molecule has 5 N–H and O–H groups in total. The number of aliphatic hydroxyl groups is 5. The Morgan fingerprint density at radius 3 is 2.17 bits per heavy atom. The van der Waals surface area contributed by atoms with Crippen molar-refractivity contribution in [2.45, 2.75) is 172 Å². The minimum absolute atomic E-state index is 0.0939. The van der Waals surface area contributed by atoms with Crippen LogP contribution in [0.25, 0.3) is 0 Å². The third kappa shape index (κ3) is 8.41. The molecule has 4 aliphatic heterocycles. The summed E-state index contributed by atoms with van der Waals surface area (Å²) in [6.45, 7) is 14.3. The van der Waals surface area contributed by atoms with Gasteiger partial charge in [-0.15, -0.1) is 0 Å². The van der Waals surface area contributed by atoms with Crippen molar-refractivity contribution < 1.29 is 68.3 Å². The summed E-state index contributed by atoms with van der Waals surface area (Å²) < 4.78 is 43.5. The number of cyclic esters (lactones) is 1. The number of aliphatic hydroxyl groups excluding tert-OH is 3. The second-order valence-corrected chi connectivity index (χ2v) is 16.8. The number of hydrogen-bond acceptors (Lipinski definition) is 15. The first kappa shape index (κ1) is 43.4. The van der Waals surface area contributed by atoms with Crippen LogP contribution in [-0.2, 0) is 42.7 Å². The number of rotatable bonds is 5. The Hall–Kier alpha value is -1.34. The third-order valence-corrected chi connectivity index (χ3v) is 12.1. The number of esters is 1. The van der Waals surface area contributed by atoms with Gasteiger partial charge in [0.25, 0.3) is 5.97 Å². The molecule has 4 aliphatic rings. The molecule has 2 unspecified atom stereocenters. The van der Waals surface area contributed by atoms with Gasteiger partial charge < -0.3 is 63.6 Å². The minimum Gasteiger partial charge on any atom is -0.459 e. The fraction of sp³-hybridized carbons (Fsp3) is 0.946. The molecule has 302 valence electrons. The molecule has 0 bridgehead atoms. The van der Waals surface area contributed by atoms with Gasteiger partial charge in [0.2, 0.25) is 0 Å². The molecule has 4 fully saturated rings. The minimum atomic E-state index is -2.03. The Morgan fingerprint density at radius 1 is 0.962 bits per heavy atom. The van der Waals surface area contributed by atoms with E-state index < -0.39 is 107 Å². The summed E-state index contributed by atoms with van der Waals surface area (Å²) in [6.07, 6.45) is -9.39. The lowest BCUT2D eigenvalue weighted by atomic mass is 9.73. The molecule has 18 atom stereocenters. The van der Waals surface area contributed by atoms with Crippen molar-refractivity contribution in [2.24, 2.45) is 23.7 Å². The van der Waals surface area contributed by atoms with E-state index in [0.29, 0.717) is 6.42 Å². The number of carbonyl (C=O) groups is 2. The number of methoxy groups -OCH3 is 1. The summed E-state index contributed by atoms with van der Waals surface area (Å²) in [4.78, 5) is 30.0. The maximum atomic E-state index is 14.2. The Bertz CT molecular complexity index is 1250. The topological polar surface area (TPSA) is 203 Å². The molecule has 0 aromatic carbocycles. The summed E-state index contributed by atoms with van der Waals surface area (Å²) in [5.74, 6) is -7.05. The van der Waals surface area contributed by atoms with Crippen molar-refractivity contribution in [1.29, 1.82) is 0 Å². The quantitative estimate of drug-likeness (QED) is 0.250. The molecular formula is C37H65NO14. The van der Waals surface area contributed by atoms with Crippen molar-refractivity contribution in [3.05, 3.63) is 0 Å². The van der Waals surface area contributed by atoms with Crippen molar-refractivity contribution in [3.63, 3.8) is 0 Å². The van der Waals surface area contributed by atoms with Crippen LogP contribution in [0.5, 0.6) is 0 Å². The number of likely N-dealkylation sites (N-methyl/N-ethyl adjacent to an activating group) is 1. The lowest BCUT2D eigenvalue weighted by Gasteiger charge is -2.55. The fourth-order valence-electron chi connectivity index (χ4n) is 8.87. The number of carbonyl (C=O) groups excluding carboxylic acids is 2. The van der Waals surface area contributed by atoms with Crippen LogP contribution in [0, 0.1) is 23.7 Å². The first-order chi connectivity index (χ1) is 23.9. The first-order valence-corrected chi connectivity index (χ1v) is 18.7. The standard InChI is InChI=1S/C37H65NO14/c1-13-25-36(9,45)29(41)20(4)26(39)18(2)15-34(7,44)31(50-33-27(40)24(38(10)11)14-19(3)48-33)21(5)28-23(32(43)49-25)16-47-37(52-28)17-35(8,46-12)30(42)22(6)51-37/h18-25,27-31,33,40-42,44-45H,13-17H2,1-12H3/t18-,19-,20+,21+,22+,23?,24+,25-,27-,28+,29-,30+,31-,33+,34-,35-,36-,37?/m1/s1. The molecule has 0 saturated carbocycles. The van der Waals surface area contributed by atoms with Gasteiger partial charge in [0.15, 0.2) is 6.29 Å². The zero-order chi connectivity index (χ0) is 39.3. The molecule has 15 nitrogen and oxygen atoms in total. The summed E-state index contributed by atoms with van der Waals surface area (Å²) in [7, 11) is 5.14. The van der Waals surface area contributed by atoms with E-state index in [0.717, 1.165) is 0 Å².